The maximum atomic E-state index is 4.37. The van der Waals surface area contributed by atoms with E-state index in [0.29, 0.717) is 0 Å². The lowest BCUT2D eigenvalue weighted by molar-refractivity contribution is 0.762. The quantitative estimate of drug-likeness (QED) is 0.797. The summed E-state index contributed by atoms with van der Waals surface area (Å²) < 4.78 is 0. The first kappa shape index (κ1) is 11.9. The lowest BCUT2D eigenvalue weighted by Crippen LogP contribution is -2.15. The highest BCUT2D eigenvalue weighted by Crippen LogP contribution is 2.07. The Morgan fingerprint density at radius 3 is 2.73 bits per heavy atom. The summed E-state index contributed by atoms with van der Waals surface area (Å²) in [6, 6.07) is 4.16. The van der Waals surface area contributed by atoms with Crippen molar-refractivity contribution in [1.29, 1.82) is 0 Å². The summed E-state index contributed by atoms with van der Waals surface area (Å²) in [5, 5.41) is 3.33. The van der Waals surface area contributed by atoms with Gasteiger partial charge in [0.15, 0.2) is 0 Å². The van der Waals surface area contributed by atoms with Crippen molar-refractivity contribution in [3.8, 4) is 0 Å². The first-order chi connectivity index (χ1) is 7.26. The summed E-state index contributed by atoms with van der Waals surface area (Å²) >= 11 is 0. The van der Waals surface area contributed by atoms with Crippen molar-refractivity contribution in [3.05, 3.63) is 35.2 Å². The van der Waals surface area contributed by atoms with Gasteiger partial charge in [-0.2, -0.15) is 0 Å². The minimum atomic E-state index is 0.961. The highest BCUT2D eigenvalue weighted by atomic mass is 14.8. The van der Waals surface area contributed by atoms with Gasteiger partial charge in [0, 0.05) is 12.7 Å². The lowest BCUT2D eigenvalue weighted by Gasteiger charge is -2.05. The summed E-state index contributed by atoms with van der Waals surface area (Å²) in [6.45, 7) is 8.33. The molecule has 0 aliphatic rings. The molecule has 1 aromatic rings. The fourth-order valence-electron chi connectivity index (χ4n) is 1.34. The second kappa shape index (κ2) is 6.36. The molecule has 15 heavy (non-hydrogen) atoms. The van der Waals surface area contributed by atoms with E-state index in [-0.39, 0.29) is 0 Å². The van der Waals surface area contributed by atoms with Crippen LogP contribution in [0.3, 0.4) is 0 Å². The second-order valence-corrected chi connectivity index (χ2v) is 3.70. The Balaban J connectivity index is 2.69. The Labute approximate surface area is 92.4 Å². The average Bonchev–Trinajstić information content (AvgIpc) is 2.27. The standard InChI is InChI=1S/C13H20N2/c1-4-12(10-14-5-2)8-13-7-6-11(3)9-15-13/h6-9,14H,4-5,10H2,1-3H3/b12-8+. The Hall–Kier alpha value is -1.15. The normalized spacial score (nSPS) is 11.8. The SMILES string of the molecule is CCNC/C(=C/c1ccc(C)cn1)CC. The van der Waals surface area contributed by atoms with Crippen LogP contribution in [-0.2, 0) is 0 Å². The first-order valence-corrected chi connectivity index (χ1v) is 5.59. The van der Waals surface area contributed by atoms with Crippen LogP contribution in [0.15, 0.2) is 23.9 Å². The van der Waals surface area contributed by atoms with E-state index in [1.54, 1.807) is 0 Å². The molecular weight excluding hydrogens is 184 g/mol. The van der Waals surface area contributed by atoms with Gasteiger partial charge in [0.2, 0.25) is 0 Å². The van der Waals surface area contributed by atoms with Crippen LogP contribution in [0.5, 0.6) is 0 Å². The molecule has 0 aromatic carbocycles. The Morgan fingerprint density at radius 2 is 2.20 bits per heavy atom. The zero-order chi connectivity index (χ0) is 11.1. The number of hydrogen-bond donors (Lipinski definition) is 1. The van der Waals surface area contributed by atoms with Crippen LogP contribution < -0.4 is 5.32 Å². The molecule has 1 heterocycles. The summed E-state index contributed by atoms with van der Waals surface area (Å²) in [4.78, 5) is 4.37. The highest BCUT2D eigenvalue weighted by Gasteiger charge is 1.95. The second-order valence-electron chi connectivity index (χ2n) is 3.70. The van der Waals surface area contributed by atoms with Gasteiger partial charge < -0.3 is 5.32 Å². The van der Waals surface area contributed by atoms with Crippen molar-refractivity contribution in [2.45, 2.75) is 27.2 Å². The van der Waals surface area contributed by atoms with Gasteiger partial charge in [-0.3, -0.25) is 4.98 Å². The van der Waals surface area contributed by atoms with Crippen LogP contribution >= 0.6 is 0 Å². The third-order valence-corrected chi connectivity index (χ3v) is 2.34. The van der Waals surface area contributed by atoms with Gasteiger partial charge in [0.1, 0.15) is 0 Å². The molecule has 0 aliphatic heterocycles. The number of hydrogen-bond acceptors (Lipinski definition) is 2. The van der Waals surface area contributed by atoms with Crippen LogP contribution in [0.25, 0.3) is 6.08 Å². The molecule has 0 fully saturated rings. The third-order valence-electron chi connectivity index (χ3n) is 2.34. The van der Waals surface area contributed by atoms with E-state index < -0.39 is 0 Å². The predicted molar refractivity (Wildman–Crippen MR) is 65.8 cm³/mol. The number of nitrogens with one attached hydrogen (secondary N) is 1. The molecule has 0 atom stereocenters. The number of rotatable bonds is 5. The molecule has 0 saturated carbocycles. The molecule has 1 N–H and O–H groups in total. The van der Waals surface area contributed by atoms with Crippen LogP contribution in [-0.4, -0.2) is 18.1 Å². The molecule has 1 aromatic heterocycles. The Morgan fingerprint density at radius 1 is 1.40 bits per heavy atom. The average molecular weight is 204 g/mol. The van der Waals surface area contributed by atoms with Crippen LogP contribution in [0.1, 0.15) is 31.5 Å². The van der Waals surface area contributed by atoms with Gasteiger partial charge in [-0.1, -0.05) is 25.5 Å². The van der Waals surface area contributed by atoms with Gasteiger partial charge in [0.25, 0.3) is 0 Å². The zero-order valence-corrected chi connectivity index (χ0v) is 9.88. The Bertz CT molecular complexity index is 312. The van der Waals surface area contributed by atoms with Gasteiger partial charge >= 0.3 is 0 Å². The van der Waals surface area contributed by atoms with Crippen molar-refractivity contribution in [1.82, 2.24) is 10.3 Å². The van der Waals surface area contributed by atoms with Crippen LogP contribution in [0.2, 0.25) is 0 Å². The maximum Gasteiger partial charge on any atom is 0.0629 e. The van der Waals surface area contributed by atoms with E-state index in [4.69, 9.17) is 0 Å². The fourth-order valence-corrected chi connectivity index (χ4v) is 1.34. The smallest absolute Gasteiger partial charge is 0.0629 e. The summed E-state index contributed by atoms with van der Waals surface area (Å²) in [5.41, 5.74) is 3.65. The zero-order valence-electron chi connectivity index (χ0n) is 9.88. The molecule has 1 rings (SSSR count). The molecule has 82 valence electrons. The molecule has 0 saturated heterocycles. The summed E-state index contributed by atoms with van der Waals surface area (Å²) in [7, 11) is 0. The van der Waals surface area contributed by atoms with E-state index in [0.717, 1.165) is 25.2 Å². The minimum Gasteiger partial charge on any atom is -0.313 e. The molecular formula is C13H20N2. The molecule has 2 heteroatoms. The number of nitrogens with zero attached hydrogens (tertiary/aromatic N) is 1. The van der Waals surface area contributed by atoms with Crippen LogP contribution in [0.4, 0.5) is 0 Å². The molecule has 2 nitrogen and oxygen atoms in total. The van der Waals surface area contributed by atoms with Gasteiger partial charge in [-0.25, -0.2) is 0 Å². The molecule has 0 unspecified atom stereocenters. The number of pyridine rings is 1. The van der Waals surface area contributed by atoms with E-state index in [2.05, 4.69) is 49.3 Å². The van der Waals surface area contributed by atoms with Crippen molar-refractivity contribution >= 4 is 6.08 Å². The van der Waals surface area contributed by atoms with Crippen molar-refractivity contribution in [3.63, 3.8) is 0 Å². The van der Waals surface area contributed by atoms with Crippen molar-refractivity contribution in [2.75, 3.05) is 13.1 Å². The van der Waals surface area contributed by atoms with E-state index in [1.807, 2.05) is 6.20 Å². The summed E-state index contributed by atoms with van der Waals surface area (Å²) in [6.07, 6.45) is 5.15. The monoisotopic (exact) mass is 204 g/mol. The predicted octanol–water partition coefficient (Wildman–Crippen LogP) is 2.79. The largest absolute Gasteiger partial charge is 0.313 e. The number of aryl methyl sites for hydroxylation is 1. The first-order valence-electron chi connectivity index (χ1n) is 5.59. The molecule has 0 spiro atoms. The van der Waals surface area contributed by atoms with E-state index in [1.165, 1.54) is 11.1 Å². The fraction of sp³-hybridized carbons (Fsp3) is 0.462. The Kier molecular flexibility index (Phi) is 5.05. The van der Waals surface area contributed by atoms with Crippen molar-refractivity contribution < 1.29 is 0 Å². The van der Waals surface area contributed by atoms with Gasteiger partial charge in [-0.05, 0) is 37.6 Å². The van der Waals surface area contributed by atoms with E-state index >= 15 is 0 Å². The number of aromatic nitrogens is 1. The van der Waals surface area contributed by atoms with E-state index in [9.17, 15) is 0 Å². The topological polar surface area (TPSA) is 24.9 Å². The lowest BCUT2D eigenvalue weighted by atomic mass is 10.1. The third kappa shape index (κ3) is 4.26. The highest BCUT2D eigenvalue weighted by molar-refractivity contribution is 5.49. The molecule has 0 amide bonds. The van der Waals surface area contributed by atoms with Gasteiger partial charge in [-0.15, -0.1) is 0 Å². The summed E-state index contributed by atoms with van der Waals surface area (Å²) in [5.74, 6) is 0. The number of likely N-dealkylation sites (N-methyl/N-ethyl adjacent to an activating group) is 1. The van der Waals surface area contributed by atoms with Crippen molar-refractivity contribution in [2.24, 2.45) is 0 Å². The maximum absolute atomic E-state index is 4.37. The molecule has 0 radical (unpaired) electrons. The molecule has 0 bridgehead atoms. The molecule has 0 aliphatic carbocycles. The minimum absolute atomic E-state index is 0.961. The van der Waals surface area contributed by atoms with Gasteiger partial charge in [0.05, 0.1) is 5.69 Å². The van der Waals surface area contributed by atoms with Crippen LogP contribution in [0, 0.1) is 6.92 Å².